The van der Waals surface area contributed by atoms with Crippen LogP contribution in [0, 0.1) is 16.0 Å². The summed E-state index contributed by atoms with van der Waals surface area (Å²) < 4.78 is 5.41. The molecule has 5 heteroatoms. The second kappa shape index (κ2) is 6.57. The van der Waals surface area contributed by atoms with Crippen LogP contribution in [0.15, 0.2) is 18.2 Å². The number of hydrogen-bond acceptors (Lipinski definition) is 3. The number of nitrogens with zero attached hydrogens (tertiary/aromatic N) is 1. The molecule has 4 nitrogen and oxygen atoms in total. The molecule has 0 aliphatic carbocycles. The number of halogens is 1. The van der Waals surface area contributed by atoms with Gasteiger partial charge >= 0.3 is 0 Å². The first-order chi connectivity index (χ1) is 8.02. The van der Waals surface area contributed by atoms with Gasteiger partial charge in [0.15, 0.2) is 0 Å². The van der Waals surface area contributed by atoms with Crippen LogP contribution in [-0.2, 0) is 11.3 Å². The molecule has 0 bridgehead atoms. The van der Waals surface area contributed by atoms with Crippen LogP contribution in [0.25, 0.3) is 0 Å². The third-order valence-corrected chi connectivity index (χ3v) is 2.66. The summed E-state index contributed by atoms with van der Waals surface area (Å²) in [6.07, 6.45) is 0.939. The van der Waals surface area contributed by atoms with Crippen LogP contribution < -0.4 is 0 Å². The normalized spacial score (nSPS) is 10.8. The van der Waals surface area contributed by atoms with Gasteiger partial charge in [-0.2, -0.15) is 0 Å². The van der Waals surface area contributed by atoms with Crippen molar-refractivity contribution in [1.29, 1.82) is 0 Å². The molecule has 0 saturated carbocycles. The van der Waals surface area contributed by atoms with Gasteiger partial charge in [-0.1, -0.05) is 31.5 Å². The number of ether oxygens (including phenoxy) is 1. The van der Waals surface area contributed by atoms with E-state index in [2.05, 4.69) is 13.8 Å². The minimum atomic E-state index is -0.469. The van der Waals surface area contributed by atoms with Crippen LogP contribution in [0.2, 0.25) is 5.02 Å². The van der Waals surface area contributed by atoms with E-state index >= 15 is 0 Å². The summed E-state index contributed by atoms with van der Waals surface area (Å²) in [6, 6.07) is 4.87. The second-order valence-electron chi connectivity index (χ2n) is 4.24. The summed E-state index contributed by atoms with van der Waals surface area (Å²) in [5.74, 6) is 0.560. The Morgan fingerprint density at radius 3 is 2.76 bits per heavy atom. The quantitative estimate of drug-likeness (QED) is 0.442. The molecule has 0 N–H and O–H groups in total. The fourth-order valence-corrected chi connectivity index (χ4v) is 1.65. The van der Waals surface area contributed by atoms with Gasteiger partial charge in [-0.15, -0.1) is 0 Å². The van der Waals surface area contributed by atoms with Gasteiger partial charge in [0.2, 0.25) is 0 Å². The lowest BCUT2D eigenvalue weighted by atomic mass is 10.1. The van der Waals surface area contributed by atoms with Crippen molar-refractivity contribution in [2.75, 3.05) is 6.61 Å². The molecule has 1 rings (SSSR count). The van der Waals surface area contributed by atoms with Gasteiger partial charge in [0.25, 0.3) is 5.69 Å². The van der Waals surface area contributed by atoms with E-state index in [4.69, 9.17) is 16.3 Å². The third-order valence-electron chi connectivity index (χ3n) is 2.35. The Labute approximate surface area is 106 Å². The molecule has 0 fully saturated rings. The molecule has 1 aromatic carbocycles. The SMILES string of the molecule is CC(C)CCOCc1cccc(Cl)c1[N+](=O)[O-]. The first-order valence-electron chi connectivity index (χ1n) is 5.52. The van der Waals surface area contributed by atoms with Crippen LogP contribution >= 0.6 is 11.6 Å². The number of benzene rings is 1. The highest BCUT2D eigenvalue weighted by molar-refractivity contribution is 6.32. The molecule has 0 atom stereocenters. The summed E-state index contributed by atoms with van der Waals surface area (Å²) in [6.45, 7) is 5.03. The fourth-order valence-electron chi connectivity index (χ4n) is 1.38. The van der Waals surface area contributed by atoms with Gasteiger partial charge in [0.05, 0.1) is 17.1 Å². The summed E-state index contributed by atoms with van der Waals surface area (Å²) in [5, 5.41) is 11.0. The van der Waals surface area contributed by atoms with Gasteiger partial charge in [0.1, 0.15) is 5.02 Å². The highest BCUT2D eigenvalue weighted by Crippen LogP contribution is 2.28. The fraction of sp³-hybridized carbons (Fsp3) is 0.500. The van der Waals surface area contributed by atoms with E-state index < -0.39 is 4.92 Å². The van der Waals surface area contributed by atoms with Gasteiger partial charge in [-0.3, -0.25) is 10.1 Å². The molecule has 0 amide bonds. The van der Waals surface area contributed by atoms with Crippen LogP contribution in [0.3, 0.4) is 0 Å². The first-order valence-corrected chi connectivity index (χ1v) is 5.89. The van der Waals surface area contributed by atoms with Crippen LogP contribution in [0.4, 0.5) is 5.69 Å². The molecule has 17 heavy (non-hydrogen) atoms. The standard InChI is InChI=1S/C12H16ClNO3/c1-9(2)6-7-17-8-10-4-3-5-11(13)12(10)14(15)16/h3-5,9H,6-8H2,1-2H3. The van der Waals surface area contributed by atoms with E-state index in [0.29, 0.717) is 18.1 Å². The molecular formula is C12H16ClNO3. The van der Waals surface area contributed by atoms with Gasteiger partial charge in [0, 0.05) is 6.61 Å². The first kappa shape index (κ1) is 13.9. The van der Waals surface area contributed by atoms with E-state index in [9.17, 15) is 10.1 Å². The van der Waals surface area contributed by atoms with Gasteiger partial charge in [-0.05, 0) is 24.5 Å². The maximum absolute atomic E-state index is 10.8. The number of para-hydroxylation sites is 1. The Kier molecular flexibility index (Phi) is 5.38. The molecular weight excluding hydrogens is 242 g/mol. The Balaban J connectivity index is 2.64. The summed E-state index contributed by atoms with van der Waals surface area (Å²) in [4.78, 5) is 10.4. The topological polar surface area (TPSA) is 52.4 Å². The van der Waals surface area contributed by atoms with E-state index in [1.165, 1.54) is 6.07 Å². The van der Waals surface area contributed by atoms with E-state index in [1.54, 1.807) is 12.1 Å². The van der Waals surface area contributed by atoms with Crippen molar-refractivity contribution in [3.05, 3.63) is 38.9 Å². The minimum absolute atomic E-state index is 0.0567. The van der Waals surface area contributed by atoms with E-state index in [0.717, 1.165) is 6.42 Å². The average Bonchev–Trinajstić information content (AvgIpc) is 2.23. The van der Waals surface area contributed by atoms with Crippen molar-refractivity contribution >= 4 is 17.3 Å². The zero-order chi connectivity index (χ0) is 12.8. The Morgan fingerprint density at radius 2 is 2.18 bits per heavy atom. The summed E-state index contributed by atoms with van der Waals surface area (Å²) in [5.41, 5.74) is 0.463. The van der Waals surface area contributed by atoms with Crippen molar-refractivity contribution in [1.82, 2.24) is 0 Å². The Bertz CT molecular complexity index is 393. The summed E-state index contributed by atoms with van der Waals surface area (Å²) in [7, 11) is 0. The number of rotatable bonds is 6. The van der Waals surface area contributed by atoms with Crippen LogP contribution in [0.1, 0.15) is 25.8 Å². The molecule has 0 saturated heterocycles. The maximum atomic E-state index is 10.8. The number of nitro benzene ring substituents is 1. The zero-order valence-electron chi connectivity index (χ0n) is 9.98. The number of nitro groups is 1. The molecule has 0 spiro atoms. The maximum Gasteiger partial charge on any atom is 0.293 e. The van der Waals surface area contributed by atoms with Crippen molar-refractivity contribution in [3.63, 3.8) is 0 Å². The minimum Gasteiger partial charge on any atom is -0.376 e. The molecule has 0 aromatic heterocycles. The smallest absolute Gasteiger partial charge is 0.293 e. The lowest BCUT2D eigenvalue weighted by molar-refractivity contribution is -0.385. The molecule has 0 radical (unpaired) electrons. The monoisotopic (exact) mass is 257 g/mol. The van der Waals surface area contributed by atoms with E-state index in [1.807, 2.05) is 0 Å². The average molecular weight is 258 g/mol. The molecule has 1 aromatic rings. The Hall–Kier alpha value is -1.13. The molecule has 94 valence electrons. The largest absolute Gasteiger partial charge is 0.376 e. The van der Waals surface area contributed by atoms with Crippen molar-refractivity contribution in [3.8, 4) is 0 Å². The molecule has 0 unspecified atom stereocenters. The highest BCUT2D eigenvalue weighted by Gasteiger charge is 2.17. The second-order valence-corrected chi connectivity index (χ2v) is 4.65. The van der Waals surface area contributed by atoms with Crippen LogP contribution in [-0.4, -0.2) is 11.5 Å². The zero-order valence-corrected chi connectivity index (χ0v) is 10.7. The van der Waals surface area contributed by atoms with Crippen molar-refractivity contribution < 1.29 is 9.66 Å². The van der Waals surface area contributed by atoms with Crippen molar-refractivity contribution in [2.24, 2.45) is 5.92 Å². The predicted molar refractivity (Wildman–Crippen MR) is 67.2 cm³/mol. The summed E-state index contributed by atoms with van der Waals surface area (Å²) >= 11 is 5.79. The molecule has 0 aliphatic rings. The van der Waals surface area contributed by atoms with Crippen molar-refractivity contribution in [2.45, 2.75) is 26.9 Å². The predicted octanol–water partition coefficient (Wildman–Crippen LogP) is 3.81. The lowest BCUT2D eigenvalue weighted by Gasteiger charge is -2.07. The van der Waals surface area contributed by atoms with E-state index in [-0.39, 0.29) is 17.3 Å². The van der Waals surface area contributed by atoms with Gasteiger partial charge < -0.3 is 4.74 Å². The van der Waals surface area contributed by atoms with Crippen LogP contribution in [0.5, 0.6) is 0 Å². The molecule has 0 heterocycles. The lowest BCUT2D eigenvalue weighted by Crippen LogP contribution is -2.02. The molecule has 0 aliphatic heterocycles. The highest BCUT2D eigenvalue weighted by atomic mass is 35.5. The Morgan fingerprint density at radius 1 is 1.47 bits per heavy atom. The van der Waals surface area contributed by atoms with Gasteiger partial charge in [-0.25, -0.2) is 0 Å². The number of hydrogen-bond donors (Lipinski definition) is 0. The third kappa shape index (κ3) is 4.32.